The number of alkyl halides is 2. The Bertz CT molecular complexity index is 1280. The van der Waals surface area contributed by atoms with E-state index in [0.29, 0.717) is 40.3 Å². The van der Waals surface area contributed by atoms with Crippen molar-refractivity contribution < 1.29 is 13.3 Å². The molecule has 160 valence electrons. The molecule has 5 rings (SSSR count). The zero-order valence-electron chi connectivity index (χ0n) is 17.1. The van der Waals surface area contributed by atoms with E-state index < -0.39 is 11.6 Å². The van der Waals surface area contributed by atoms with Gasteiger partial charge in [0, 0.05) is 36.5 Å². The van der Waals surface area contributed by atoms with Gasteiger partial charge in [-0.25, -0.2) is 4.98 Å². The summed E-state index contributed by atoms with van der Waals surface area (Å²) in [6.45, 7) is 2.83. The normalized spacial score (nSPS) is 14.5. The monoisotopic (exact) mass is 443 g/mol. The molecule has 4 aromatic heterocycles. The first-order valence-corrected chi connectivity index (χ1v) is 10.9. The molecule has 4 heterocycles. The molecule has 1 fully saturated rings. The summed E-state index contributed by atoms with van der Waals surface area (Å²) in [4.78, 5) is 14.5. The quantitative estimate of drug-likeness (QED) is 0.400. The van der Waals surface area contributed by atoms with Gasteiger partial charge in [0.2, 0.25) is 11.7 Å². The van der Waals surface area contributed by atoms with Crippen molar-refractivity contribution in [2.24, 2.45) is 7.05 Å². The lowest BCUT2D eigenvalue weighted by atomic mass is 10.2. The molecule has 11 heteroatoms. The molecule has 1 saturated carbocycles. The lowest BCUT2D eigenvalue weighted by molar-refractivity contribution is 0.0120. The van der Waals surface area contributed by atoms with Crippen molar-refractivity contribution in [3.05, 3.63) is 29.9 Å². The molecule has 0 aliphatic heterocycles. The molecule has 0 aromatic carbocycles. The molecule has 1 aliphatic carbocycles. The molecule has 0 unspecified atom stereocenters. The number of fused-ring (bicyclic) bond motifs is 1. The Morgan fingerprint density at radius 3 is 2.74 bits per heavy atom. The van der Waals surface area contributed by atoms with Gasteiger partial charge in [0.05, 0.1) is 0 Å². The van der Waals surface area contributed by atoms with Crippen LogP contribution in [0.4, 0.5) is 8.78 Å². The summed E-state index contributed by atoms with van der Waals surface area (Å²) >= 11 is 1.60. The zero-order valence-corrected chi connectivity index (χ0v) is 18.0. The van der Waals surface area contributed by atoms with Crippen LogP contribution in [0.5, 0.6) is 0 Å². The van der Waals surface area contributed by atoms with Crippen molar-refractivity contribution in [3.63, 3.8) is 0 Å². The second kappa shape index (κ2) is 7.33. The number of rotatable bonds is 6. The van der Waals surface area contributed by atoms with Gasteiger partial charge >= 0.3 is 0 Å². The molecule has 8 nitrogen and oxygen atoms in total. The van der Waals surface area contributed by atoms with Gasteiger partial charge in [0.1, 0.15) is 16.9 Å². The molecular weight excluding hydrogens is 424 g/mol. The average molecular weight is 443 g/mol. The van der Waals surface area contributed by atoms with E-state index in [0.717, 1.165) is 36.0 Å². The van der Waals surface area contributed by atoms with Crippen molar-refractivity contribution >= 4 is 22.9 Å². The Labute approximate surface area is 180 Å². The first kappa shape index (κ1) is 20.0. The van der Waals surface area contributed by atoms with Crippen LogP contribution in [-0.2, 0) is 13.0 Å². The molecule has 0 radical (unpaired) electrons. The van der Waals surface area contributed by atoms with Gasteiger partial charge in [-0.2, -0.15) is 13.8 Å². The predicted molar refractivity (Wildman–Crippen MR) is 111 cm³/mol. The molecular formula is C20H19F2N7OS. The Balaban J connectivity index is 1.58. The third-order valence-electron chi connectivity index (χ3n) is 5.06. The Morgan fingerprint density at radius 2 is 2.03 bits per heavy atom. The van der Waals surface area contributed by atoms with Crippen LogP contribution >= 0.6 is 11.8 Å². The van der Waals surface area contributed by atoms with Crippen molar-refractivity contribution in [2.45, 2.75) is 43.4 Å². The summed E-state index contributed by atoms with van der Waals surface area (Å²) in [6.07, 6.45) is 3.83. The summed E-state index contributed by atoms with van der Waals surface area (Å²) < 4.78 is 34.4. The highest BCUT2D eigenvalue weighted by atomic mass is 32.2. The fraction of sp³-hybridized carbons (Fsp3) is 0.400. The summed E-state index contributed by atoms with van der Waals surface area (Å²) in [5.74, 6) is -0.208. The number of thioether (sulfide) groups is 1. The summed E-state index contributed by atoms with van der Waals surface area (Å²) in [5.41, 5.74) is 1.72. The maximum atomic E-state index is 13.7. The van der Waals surface area contributed by atoms with Crippen molar-refractivity contribution in [3.8, 4) is 22.9 Å². The highest BCUT2D eigenvalue weighted by Gasteiger charge is 2.30. The molecule has 31 heavy (non-hydrogen) atoms. The van der Waals surface area contributed by atoms with E-state index in [2.05, 4.69) is 30.3 Å². The number of imidazole rings is 1. The van der Waals surface area contributed by atoms with Crippen molar-refractivity contribution in [1.29, 1.82) is 0 Å². The van der Waals surface area contributed by atoms with E-state index in [9.17, 15) is 8.78 Å². The minimum Gasteiger partial charge on any atom is -0.339 e. The van der Waals surface area contributed by atoms with E-state index in [4.69, 9.17) is 4.52 Å². The topological polar surface area (TPSA) is 95.4 Å². The highest BCUT2D eigenvalue weighted by molar-refractivity contribution is 7.99. The van der Waals surface area contributed by atoms with E-state index in [1.807, 2.05) is 13.0 Å². The lowest BCUT2D eigenvalue weighted by Crippen LogP contribution is -2.10. The maximum absolute atomic E-state index is 13.7. The number of aryl methyl sites for hydroxylation is 1. The third kappa shape index (κ3) is 3.67. The molecule has 0 spiro atoms. The second-order valence-electron chi connectivity index (χ2n) is 7.56. The number of aromatic nitrogens is 7. The second-order valence-corrected chi connectivity index (χ2v) is 8.86. The first-order chi connectivity index (χ1) is 14.8. The molecule has 1 aliphatic rings. The van der Waals surface area contributed by atoms with Gasteiger partial charge < -0.3 is 9.09 Å². The number of nitrogens with zero attached hydrogens (tertiary/aromatic N) is 7. The van der Waals surface area contributed by atoms with Crippen LogP contribution in [0.2, 0.25) is 0 Å². The Morgan fingerprint density at radius 1 is 1.23 bits per heavy atom. The Hall–Kier alpha value is -2.95. The van der Waals surface area contributed by atoms with Crippen LogP contribution in [0.3, 0.4) is 0 Å². The van der Waals surface area contributed by atoms with Gasteiger partial charge in [-0.05, 0) is 30.7 Å². The van der Waals surface area contributed by atoms with Crippen LogP contribution in [0.15, 0.2) is 27.7 Å². The molecule has 0 bridgehead atoms. The third-order valence-corrected chi connectivity index (χ3v) is 5.97. The molecule has 0 N–H and O–H groups in total. The lowest BCUT2D eigenvalue weighted by Gasteiger charge is -2.09. The molecule has 0 amide bonds. The molecule has 0 saturated heterocycles. The largest absolute Gasteiger partial charge is 0.339 e. The standard InChI is InChI=1S/C20H19F2N7OS/c1-4-31-13-7-11(16-25-19(30-28-16)10-5-6-10)9-23-15(13)18-24-12-8-14(20(2,21)22)26-27-17(12)29(18)3/h7-10H,4-6H2,1-3H3. The van der Waals surface area contributed by atoms with Gasteiger partial charge in [-0.1, -0.05) is 12.1 Å². The van der Waals surface area contributed by atoms with Gasteiger partial charge in [0.25, 0.3) is 5.92 Å². The smallest absolute Gasteiger partial charge is 0.288 e. The van der Waals surface area contributed by atoms with Crippen LogP contribution in [0, 0.1) is 0 Å². The zero-order chi connectivity index (χ0) is 21.8. The number of hydrogen-bond donors (Lipinski definition) is 0. The number of halogens is 2. The van der Waals surface area contributed by atoms with Gasteiger partial charge in [0.15, 0.2) is 11.5 Å². The van der Waals surface area contributed by atoms with E-state index >= 15 is 0 Å². The number of hydrogen-bond acceptors (Lipinski definition) is 8. The predicted octanol–water partition coefficient (Wildman–Crippen LogP) is 4.58. The average Bonchev–Trinajstić information content (AvgIpc) is 3.38. The minimum absolute atomic E-state index is 0.342. The Kier molecular flexibility index (Phi) is 4.72. The van der Waals surface area contributed by atoms with Crippen molar-refractivity contribution in [1.82, 2.24) is 34.9 Å². The van der Waals surface area contributed by atoms with E-state index in [1.165, 1.54) is 6.07 Å². The minimum atomic E-state index is -3.09. The number of pyridine rings is 1. The van der Waals surface area contributed by atoms with E-state index in [1.54, 1.807) is 29.6 Å². The first-order valence-electron chi connectivity index (χ1n) is 9.90. The van der Waals surface area contributed by atoms with Gasteiger partial charge in [-0.15, -0.1) is 22.0 Å². The van der Waals surface area contributed by atoms with Crippen LogP contribution in [0.1, 0.15) is 44.2 Å². The highest BCUT2D eigenvalue weighted by Crippen LogP contribution is 2.40. The van der Waals surface area contributed by atoms with Crippen molar-refractivity contribution in [2.75, 3.05) is 5.75 Å². The summed E-state index contributed by atoms with van der Waals surface area (Å²) in [5, 5.41) is 11.7. The fourth-order valence-electron chi connectivity index (χ4n) is 3.26. The fourth-order valence-corrected chi connectivity index (χ4v) is 4.06. The molecule has 0 atom stereocenters. The SMILES string of the molecule is CCSc1cc(-c2noc(C3CC3)n2)cnc1-c1nc2cc(C(C)(F)F)nnc2n1C. The van der Waals surface area contributed by atoms with E-state index in [-0.39, 0.29) is 0 Å². The molecule has 4 aromatic rings. The summed E-state index contributed by atoms with van der Waals surface area (Å²) in [7, 11) is 1.76. The van der Waals surface area contributed by atoms with Crippen LogP contribution in [0.25, 0.3) is 34.1 Å². The van der Waals surface area contributed by atoms with Crippen LogP contribution < -0.4 is 0 Å². The van der Waals surface area contributed by atoms with Gasteiger partial charge in [-0.3, -0.25) is 4.98 Å². The summed E-state index contributed by atoms with van der Waals surface area (Å²) in [6, 6.07) is 3.22. The van der Waals surface area contributed by atoms with Crippen LogP contribution in [-0.4, -0.2) is 40.6 Å². The maximum Gasteiger partial charge on any atom is 0.288 e.